The average Bonchev–Trinajstić information content (AvgIpc) is 2.43. The SMILES string of the molecule is CCCC(CNC(=O)OC(C)(C)C)NCc1cc(Br)ccc1F. The number of carbonyl (C=O) groups excluding carboxylic acids is 1. The van der Waals surface area contributed by atoms with E-state index >= 15 is 0 Å². The molecule has 1 atom stereocenters. The van der Waals surface area contributed by atoms with Crippen LogP contribution in [0.3, 0.4) is 0 Å². The number of rotatable bonds is 7. The molecule has 0 aliphatic carbocycles. The first kappa shape index (κ1) is 19.9. The predicted octanol–water partition coefficient (Wildman–Crippen LogP) is 4.37. The molecule has 0 aliphatic heterocycles. The monoisotopic (exact) mass is 388 g/mol. The van der Waals surface area contributed by atoms with Crippen molar-refractivity contribution in [2.45, 2.75) is 58.7 Å². The Bertz CT molecular complexity index is 518. The van der Waals surface area contributed by atoms with Gasteiger partial charge in [-0.05, 0) is 45.4 Å². The first-order chi connectivity index (χ1) is 10.7. The fourth-order valence-electron chi connectivity index (χ4n) is 2.08. The molecule has 23 heavy (non-hydrogen) atoms. The van der Waals surface area contributed by atoms with Gasteiger partial charge in [0.2, 0.25) is 0 Å². The summed E-state index contributed by atoms with van der Waals surface area (Å²) < 4.78 is 19.8. The zero-order valence-corrected chi connectivity index (χ0v) is 15.8. The molecule has 1 amide bonds. The second-order valence-corrected chi connectivity index (χ2v) is 7.40. The molecule has 0 bridgehead atoms. The highest BCUT2D eigenvalue weighted by molar-refractivity contribution is 9.10. The van der Waals surface area contributed by atoms with Crippen LogP contribution in [0.2, 0.25) is 0 Å². The number of ether oxygens (including phenoxy) is 1. The summed E-state index contributed by atoms with van der Waals surface area (Å²) in [4.78, 5) is 11.7. The van der Waals surface area contributed by atoms with E-state index in [1.165, 1.54) is 6.07 Å². The number of hydrogen-bond donors (Lipinski definition) is 2. The van der Waals surface area contributed by atoms with Crippen LogP contribution in [0.1, 0.15) is 46.1 Å². The first-order valence-electron chi connectivity index (χ1n) is 7.85. The van der Waals surface area contributed by atoms with E-state index in [2.05, 4.69) is 33.5 Å². The van der Waals surface area contributed by atoms with E-state index in [4.69, 9.17) is 4.74 Å². The molecule has 0 heterocycles. The van der Waals surface area contributed by atoms with Gasteiger partial charge in [0, 0.05) is 29.2 Å². The van der Waals surface area contributed by atoms with Crippen molar-refractivity contribution < 1.29 is 13.9 Å². The average molecular weight is 389 g/mol. The van der Waals surface area contributed by atoms with Crippen molar-refractivity contribution in [1.82, 2.24) is 10.6 Å². The maximum absolute atomic E-state index is 13.8. The number of amides is 1. The predicted molar refractivity (Wildman–Crippen MR) is 93.9 cm³/mol. The molecule has 0 aromatic heterocycles. The maximum atomic E-state index is 13.8. The van der Waals surface area contributed by atoms with Gasteiger partial charge in [0.15, 0.2) is 0 Å². The Hall–Kier alpha value is -1.14. The zero-order chi connectivity index (χ0) is 17.5. The Kier molecular flexibility index (Phi) is 7.99. The van der Waals surface area contributed by atoms with Gasteiger partial charge < -0.3 is 15.4 Å². The molecule has 0 aliphatic rings. The van der Waals surface area contributed by atoms with Gasteiger partial charge in [-0.15, -0.1) is 0 Å². The van der Waals surface area contributed by atoms with Gasteiger partial charge in [0.05, 0.1) is 0 Å². The summed E-state index contributed by atoms with van der Waals surface area (Å²) in [6.45, 7) is 8.39. The molecule has 0 fully saturated rings. The molecular weight excluding hydrogens is 363 g/mol. The molecule has 0 saturated carbocycles. The largest absolute Gasteiger partial charge is 0.444 e. The summed E-state index contributed by atoms with van der Waals surface area (Å²) in [5, 5.41) is 6.05. The van der Waals surface area contributed by atoms with Crippen molar-refractivity contribution >= 4 is 22.0 Å². The van der Waals surface area contributed by atoms with Crippen molar-refractivity contribution in [1.29, 1.82) is 0 Å². The molecule has 2 N–H and O–H groups in total. The van der Waals surface area contributed by atoms with Crippen LogP contribution < -0.4 is 10.6 Å². The zero-order valence-electron chi connectivity index (χ0n) is 14.2. The molecule has 1 unspecified atom stereocenters. The summed E-state index contributed by atoms with van der Waals surface area (Å²) in [5.41, 5.74) is 0.0785. The molecule has 1 aromatic carbocycles. The van der Waals surface area contributed by atoms with Gasteiger partial charge in [0.25, 0.3) is 0 Å². The Balaban J connectivity index is 2.51. The van der Waals surface area contributed by atoms with Crippen LogP contribution in [-0.2, 0) is 11.3 Å². The quantitative estimate of drug-likeness (QED) is 0.728. The van der Waals surface area contributed by atoms with E-state index < -0.39 is 11.7 Å². The van der Waals surface area contributed by atoms with Gasteiger partial charge in [-0.2, -0.15) is 0 Å². The summed E-state index contributed by atoms with van der Waals surface area (Å²) in [6, 6.07) is 4.93. The van der Waals surface area contributed by atoms with Gasteiger partial charge >= 0.3 is 6.09 Å². The fraction of sp³-hybridized carbons (Fsp3) is 0.588. The third kappa shape index (κ3) is 8.32. The van der Waals surface area contributed by atoms with E-state index in [9.17, 15) is 9.18 Å². The molecule has 6 heteroatoms. The van der Waals surface area contributed by atoms with Gasteiger partial charge in [0.1, 0.15) is 11.4 Å². The lowest BCUT2D eigenvalue weighted by Crippen LogP contribution is -2.42. The Morgan fingerprint density at radius 2 is 2.09 bits per heavy atom. The second kappa shape index (κ2) is 9.23. The molecule has 130 valence electrons. The molecule has 1 aromatic rings. The number of alkyl carbamates (subject to hydrolysis) is 1. The highest BCUT2D eigenvalue weighted by Crippen LogP contribution is 2.15. The number of benzene rings is 1. The molecule has 0 radical (unpaired) electrons. The van der Waals surface area contributed by atoms with Crippen LogP contribution in [-0.4, -0.2) is 24.3 Å². The normalized spacial score (nSPS) is 12.8. The van der Waals surface area contributed by atoms with Crippen molar-refractivity contribution in [2.24, 2.45) is 0 Å². The summed E-state index contributed by atoms with van der Waals surface area (Å²) in [5.74, 6) is -0.240. The maximum Gasteiger partial charge on any atom is 0.407 e. The van der Waals surface area contributed by atoms with Gasteiger partial charge in [-0.25, -0.2) is 9.18 Å². The minimum Gasteiger partial charge on any atom is -0.444 e. The number of hydrogen-bond acceptors (Lipinski definition) is 3. The van der Waals surface area contributed by atoms with Crippen LogP contribution >= 0.6 is 15.9 Å². The topological polar surface area (TPSA) is 50.4 Å². The second-order valence-electron chi connectivity index (χ2n) is 6.49. The minimum atomic E-state index is -0.517. The number of nitrogens with one attached hydrogen (secondary N) is 2. The van der Waals surface area contributed by atoms with E-state index in [0.717, 1.165) is 17.3 Å². The lowest BCUT2D eigenvalue weighted by molar-refractivity contribution is 0.0521. The number of carbonyl (C=O) groups is 1. The van der Waals surface area contributed by atoms with Crippen LogP contribution in [0, 0.1) is 5.82 Å². The van der Waals surface area contributed by atoms with Crippen molar-refractivity contribution in [2.75, 3.05) is 6.54 Å². The van der Waals surface area contributed by atoms with Crippen molar-refractivity contribution in [3.05, 3.63) is 34.1 Å². The summed E-state index contributed by atoms with van der Waals surface area (Å²) in [6.07, 6.45) is 1.41. The molecule has 0 spiro atoms. The molecule has 1 rings (SSSR count). The Morgan fingerprint density at radius 1 is 1.39 bits per heavy atom. The summed E-state index contributed by atoms with van der Waals surface area (Å²) >= 11 is 3.34. The smallest absolute Gasteiger partial charge is 0.407 e. The molecule has 0 saturated heterocycles. The third-order valence-electron chi connectivity index (χ3n) is 3.12. The molecule has 4 nitrogen and oxygen atoms in total. The fourth-order valence-corrected chi connectivity index (χ4v) is 2.49. The highest BCUT2D eigenvalue weighted by atomic mass is 79.9. The van der Waals surface area contributed by atoms with Gasteiger partial charge in [-0.1, -0.05) is 29.3 Å². The van der Waals surface area contributed by atoms with Crippen LogP contribution in [0.25, 0.3) is 0 Å². The van der Waals surface area contributed by atoms with Crippen molar-refractivity contribution in [3.8, 4) is 0 Å². The Morgan fingerprint density at radius 3 is 2.70 bits per heavy atom. The standard InChI is InChI=1S/C17H26BrFN2O2/c1-5-6-14(11-21-16(22)23-17(2,3)4)20-10-12-9-13(18)7-8-15(12)19/h7-9,14,20H,5-6,10-11H2,1-4H3,(H,21,22). The van der Waals surface area contributed by atoms with E-state index in [-0.39, 0.29) is 11.9 Å². The number of halogens is 2. The minimum absolute atomic E-state index is 0.0610. The third-order valence-corrected chi connectivity index (χ3v) is 3.61. The van der Waals surface area contributed by atoms with E-state index in [1.807, 2.05) is 20.8 Å². The van der Waals surface area contributed by atoms with Gasteiger partial charge in [-0.3, -0.25) is 0 Å². The lowest BCUT2D eigenvalue weighted by atomic mass is 10.1. The van der Waals surface area contributed by atoms with E-state index in [0.29, 0.717) is 18.7 Å². The summed E-state index contributed by atoms with van der Waals surface area (Å²) in [7, 11) is 0. The van der Waals surface area contributed by atoms with Crippen molar-refractivity contribution in [3.63, 3.8) is 0 Å². The van der Waals surface area contributed by atoms with Crippen LogP contribution in [0.5, 0.6) is 0 Å². The Labute approximate surface area is 146 Å². The lowest BCUT2D eigenvalue weighted by Gasteiger charge is -2.22. The highest BCUT2D eigenvalue weighted by Gasteiger charge is 2.17. The van der Waals surface area contributed by atoms with E-state index in [1.54, 1.807) is 12.1 Å². The van der Waals surface area contributed by atoms with Crippen LogP contribution in [0.15, 0.2) is 22.7 Å². The van der Waals surface area contributed by atoms with Crippen LogP contribution in [0.4, 0.5) is 9.18 Å². The molecular formula is C17H26BrFN2O2. The first-order valence-corrected chi connectivity index (χ1v) is 8.64.